The summed E-state index contributed by atoms with van der Waals surface area (Å²) in [5, 5.41) is 23.6. The van der Waals surface area contributed by atoms with Crippen molar-refractivity contribution in [3.8, 4) is 0 Å². The van der Waals surface area contributed by atoms with Crippen LogP contribution in [0.25, 0.3) is 0 Å². The third-order valence-corrected chi connectivity index (χ3v) is 10.2. The number of rotatable bonds is 40. The average Bonchev–Trinajstić information content (AvgIpc) is 3.18. The first-order valence-electron chi connectivity index (χ1n) is 23.1. The average molecular weight is 770 g/mol. The van der Waals surface area contributed by atoms with E-state index in [1.807, 2.05) is 24.3 Å². The maximum absolute atomic E-state index is 13.1. The molecule has 0 rings (SSSR count). The van der Waals surface area contributed by atoms with E-state index in [9.17, 15) is 19.8 Å². The van der Waals surface area contributed by atoms with E-state index in [4.69, 9.17) is 4.74 Å². The Balaban J connectivity index is 4.48. The summed E-state index contributed by atoms with van der Waals surface area (Å²) in [5.41, 5.74) is 0. The molecule has 0 aliphatic heterocycles. The van der Waals surface area contributed by atoms with Gasteiger partial charge in [-0.15, -0.1) is 0 Å². The molecule has 0 aromatic rings. The minimum absolute atomic E-state index is 0.0655. The summed E-state index contributed by atoms with van der Waals surface area (Å²) in [5.74, 6) is -0.509. The number of aliphatic hydroxyl groups excluding tert-OH is 2. The van der Waals surface area contributed by atoms with Gasteiger partial charge in [-0.25, -0.2) is 0 Å². The quantitative estimate of drug-likeness (QED) is 0.0328. The number of unbranched alkanes of at least 4 members (excludes halogenated alkanes) is 22. The Labute approximate surface area is 339 Å². The Morgan fingerprint density at radius 1 is 0.527 bits per heavy atom. The van der Waals surface area contributed by atoms with Crippen molar-refractivity contribution in [1.82, 2.24) is 5.32 Å². The number of esters is 1. The van der Waals surface area contributed by atoms with Crippen LogP contribution in [0.15, 0.2) is 60.8 Å². The van der Waals surface area contributed by atoms with E-state index in [2.05, 4.69) is 62.5 Å². The molecule has 0 aromatic heterocycles. The van der Waals surface area contributed by atoms with Crippen LogP contribution in [0.2, 0.25) is 0 Å². The van der Waals surface area contributed by atoms with Gasteiger partial charge in [0.25, 0.3) is 0 Å². The van der Waals surface area contributed by atoms with Crippen molar-refractivity contribution < 1.29 is 24.5 Å². The number of carbonyl (C=O) groups excluding carboxylic acids is 2. The van der Waals surface area contributed by atoms with E-state index in [1.165, 1.54) is 83.5 Å². The number of hydrogen-bond acceptors (Lipinski definition) is 5. The Bertz CT molecular complexity index is 999. The van der Waals surface area contributed by atoms with E-state index >= 15 is 0 Å². The smallest absolute Gasteiger partial charge is 0.306 e. The van der Waals surface area contributed by atoms with E-state index in [1.54, 1.807) is 0 Å². The molecule has 3 atom stereocenters. The van der Waals surface area contributed by atoms with Crippen molar-refractivity contribution in [3.63, 3.8) is 0 Å². The van der Waals surface area contributed by atoms with Crippen LogP contribution in [0.1, 0.15) is 213 Å². The summed E-state index contributed by atoms with van der Waals surface area (Å²) in [6.07, 6.45) is 51.4. The van der Waals surface area contributed by atoms with E-state index in [-0.39, 0.29) is 24.9 Å². The minimum atomic E-state index is -0.789. The van der Waals surface area contributed by atoms with Crippen LogP contribution < -0.4 is 5.32 Å². The van der Waals surface area contributed by atoms with Gasteiger partial charge < -0.3 is 20.3 Å². The lowest BCUT2D eigenvalue weighted by molar-refractivity contribution is -0.151. The molecule has 3 N–H and O–H groups in total. The van der Waals surface area contributed by atoms with Crippen LogP contribution in [0.4, 0.5) is 0 Å². The number of amides is 1. The first-order valence-corrected chi connectivity index (χ1v) is 23.1. The van der Waals surface area contributed by atoms with Crippen molar-refractivity contribution in [2.75, 3.05) is 6.61 Å². The molecule has 0 aromatic carbocycles. The highest BCUT2D eigenvalue weighted by Gasteiger charge is 2.24. The Kier molecular flexibility index (Phi) is 40.8. The highest BCUT2D eigenvalue weighted by atomic mass is 16.5. The molecule has 0 saturated carbocycles. The summed E-state index contributed by atoms with van der Waals surface area (Å²) in [6.45, 7) is 6.33. The molecule has 6 heteroatoms. The number of carbonyl (C=O) groups is 2. The van der Waals surface area contributed by atoms with Gasteiger partial charge in [-0.2, -0.15) is 0 Å². The zero-order valence-corrected chi connectivity index (χ0v) is 36.0. The van der Waals surface area contributed by atoms with Crippen LogP contribution >= 0.6 is 0 Å². The number of nitrogens with one attached hydrogen (secondary N) is 1. The van der Waals surface area contributed by atoms with Crippen LogP contribution in [0, 0.1) is 0 Å². The molecule has 0 saturated heterocycles. The first-order chi connectivity index (χ1) is 27.0. The van der Waals surface area contributed by atoms with Gasteiger partial charge in [-0.05, 0) is 44.9 Å². The van der Waals surface area contributed by atoms with E-state index in [0.717, 1.165) is 83.5 Å². The number of ether oxygens (including phenoxy) is 1. The zero-order chi connectivity index (χ0) is 40.3. The fourth-order valence-electron chi connectivity index (χ4n) is 6.69. The van der Waals surface area contributed by atoms with Gasteiger partial charge in [-0.3, -0.25) is 9.59 Å². The van der Waals surface area contributed by atoms with E-state index in [0.29, 0.717) is 19.3 Å². The predicted octanol–water partition coefficient (Wildman–Crippen LogP) is 13.3. The number of aliphatic hydroxyl groups is 2. The normalized spacial score (nSPS) is 13.9. The van der Waals surface area contributed by atoms with Gasteiger partial charge in [0.15, 0.2) is 0 Å². The fraction of sp³-hybridized carbons (Fsp3) is 0.755. The number of hydrogen-bond donors (Lipinski definition) is 3. The molecule has 0 radical (unpaired) electrons. The van der Waals surface area contributed by atoms with Crippen LogP contribution in [0.3, 0.4) is 0 Å². The standard InChI is InChI=1S/C49H87NO5/c1-4-7-10-13-16-18-20-21-22-23-24-25-26-28-30-33-36-39-42-49(54)55-45(40-37-34-31-15-12-9-6-3)43-48(53)50-46(44-51)47(52)41-38-35-32-29-27-19-17-14-11-8-5-2/h10,13,16,18,20-25,45-47,51-52H,4-9,11-12,14-15,17,19,26-44H2,1-3H3,(H,50,53)/b13-10+,18-16+,21-20+,23-22+,25-24+. The highest BCUT2D eigenvalue weighted by molar-refractivity contribution is 5.77. The monoisotopic (exact) mass is 770 g/mol. The molecule has 0 aliphatic rings. The molecule has 3 unspecified atom stereocenters. The molecule has 0 heterocycles. The molecule has 55 heavy (non-hydrogen) atoms. The largest absolute Gasteiger partial charge is 0.462 e. The zero-order valence-electron chi connectivity index (χ0n) is 36.0. The second-order valence-electron chi connectivity index (χ2n) is 15.6. The van der Waals surface area contributed by atoms with Crippen LogP contribution in [-0.2, 0) is 14.3 Å². The van der Waals surface area contributed by atoms with Crippen molar-refractivity contribution in [2.24, 2.45) is 0 Å². The lowest BCUT2D eigenvalue weighted by atomic mass is 10.0. The van der Waals surface area contributed by atoms with Gasteiger partial charge in [-0.1, -0.05) is 216 Å². The number of allylic oxidation sites excluding steroid dienone is 10. The Hall–Kier alpha value is -2.44. The summed E-state index contributed by atoms with van der Waals surface area (Å²) < 4.78 is 5.87. The van der Waals surface area contributed by atoms with Crippen molar-refractivity contribution in [1.29, 1.82) is 0 Å². The van der Waals surface area contributed by atoms with Crippen LogP contribution in [0.5, 0.6) is 0 Å². The second-order valence-corrected chi connectivity index (χ2v) is 15.6. The van der Waals surface area contributed by atoms with Gasteiger partial charge in [0.1, 0.15) is 6.10 Å². The topological polar surface area (TPSA) is 95.9 Å². The molecule has 1 amide bonds. The molecule has 6 nitrogen and oxygen atoms in total. The molecular formula is C49H87NO5. The third-order valence-electron chi connectivity index (χ3n) is 10.2. The minimum Gasteiger partial charge on any atom is -0.462 e. The second kappa shape index (κ2) is 42.7. The maximum atomic E-state index is 13.1. The summed E-state index contributed by atoms with van der Waals surface area (Å²) in [4.78, 5) is 25.9. The van der Waals surface area contributed by atoms with Gasteiger partial charge in [0.2, 0.25) is 5.91 Å². The highest BCUT2D eigenvalue weighted by Crippen LogP contribution is 2.17. The van der Waals surface area contributed by atoms with Gasteiger partial charge >= 0.3 is 5.97 Å². The molecule has 318 valence electrons. The SMILES string of the molecule is CCC/C=C/C=C/C=C/C=C/C=C/CCCCCCCC(=O)OC(CCCCCCCCC)CC(=O)NC(CO)C(O)CCCCCCCCCCCCC. The summed E-state index contributed by atoms with van der Waals surface area (Å²) in [6, 6.07) is -0.704. The molecule has 0 fully saturated rings. The molecular weight excluding hydrogens is 683 g/mol. The first kappa shape index (κ1) is 52.6. The lowest BCUT2D eigenvalue weighted by Crippen LogP contribution is -2.46. The maximum Gasteiger partial charge on any atom is 0.306 e. The molecule has 0 aliphatic carbocycles. The van der Waals surface area contributed by atoms with E-state index < -0.39 is 18.2 Å². The lowest BCUT2D eigenvalue weighted by Gasteiger charge is -2.24. The van der Waals surface area contributed by atoms with Crippen molar-refractivity contribution in [3.05, 3.63) is 60.8 Å². The predicted molar refractivity (Wildman–Crippen MR) is 236 cm³/mol. The Morgan fingerprint density at radius 2 is 0.964 bits per heavy atom. The van der Waals surface area contributed by atoms with Gasteiger partial charge in [0, 0.05) is 6.42 Å². The third kappa shape index (κ3) is 38.2. The summed E-state index contributed by atoms with van der Waals surface area (Å²) in [7, 11) is 0. The Morgan fingerprint density at radius 3 is 1.47 bits per heavy atom. The van der Waals surface area contributed by atoms with Crippen molar-refractivity contribution >= 4 is 11.9 Å². The molecule has 0 spiro atoms. The fourth-order valence-corrected chi connectivity index (χ4v) is 6.69. The van der Waals surface area contributed by atoms with Gasteiger partial charge in [0.05, 0.1) is 25.2 Å². The van der Waals surface area contributed by atoms with Crippen LogP contribution in [-0.4, -0.2) is 46.9 Å². The molecule has 0 bridgehead atoms. The van der Waals surface area contributed by atoms with Crippen molar-refractivity contribution in [2.45, 2.75) is 232 Å². The summed E-state index contributed by atoms with van der Waals surface area (Å²) >= 11 is 0.